The SMILES string of the molecule is O=[N+]([O-])c1ccc(N2CCN(Cc3ncc(-c4ccccc4)o3)CC2)cc1. The molecule has 0 unspecified atom stereocenters. The Morgan fingerprint density at radius 3 is 2.37 bits per heavy atom. The summed E-state index contributed by atoms with van der Waals surface area (Å²) in [5, 5.41) is 10.8. The number of nitro groups is 1. The van der Waals surface area contributed by atoms with E-state index in [9.17, 15) is 10.1 Å². The first-order valence-electron chi connectivity index (χ1n) is 8.91. The number of piperazine rings is 1. The standard InChI is InChI=1S/C20H20N4O3/c25-24(26)18-8-6-17(7-9-18)23-12-10-22(11-13-23)15-20-21-14-19(27-20)16-4-2-1-3-5-16/h1-9,14H,10-13,15H2. The number of oxazole rings is 1. The van der Waals surface area contributed by atoms with Crippen molar-refractivity contribution in [1.29, 1.82) is 0 Å². The molecule has 7 nitrogen and oxygen atoms in total. The Bertz CT molecular complexity index is 900. The van der Waals surface area contributed by atoms with E-state index in [0.29, 0.717) is 6.54 Å². The van der Waals surface area contributed by atoms with Gasteiger partial charge in [-0.15, -0.1) is 0 Å². The highest BCUT2D eigenvalue weighted by molar-refractivity contribution is 5.55. The highest BCUT2D eigenvalue weighted by atomic mass is 16.6. The van der Waals surface area contributed by atoms with Crippen LogP contribution in [0.15, 0.2) is 65.2 Å². The molecule has 3 aromatic rings. The molecule has 2 heterocycles. The Hall–Kier alpha value is -3.19. The van der Waals surface area contributed by atoms with Crippen LogP contribution in [0.5, 0.6) is 0 Å². The van der Waals surface area contributed by atoms with Gasteiger partial charge in [-0.1, -0.05) is 30.3 Å². The van der Waals surface area contributed by atoms with Crippen LogP contribution in [0.4, 0.5) is 11.4 Å². The van der Waals surface area contributed by atoms with Gasteiger partial charge in [0.1, 0.15) is 0 Å². The molecule has 1 aliphatic heterocycles. The summed E-state index contributed by atoms with van der Waals surface area (Å²) in [6, 6.07) is 16.7. The van der Waals surface area contributed by atoms with Crippen molar-refractivity contribution in [3.8, 4) is 11.3 Å². The van der Waals surface area contributed by atoms with Gasteiger partial charge in [0.05, 0.1) is 17.7 Å². The summed E-state index contributed by atoms with van der Waals surface area (Å²) in [5.41, 5.74) is 2.16. The molecule has 1 fully saturated rings. The molecule has 0 radical (unpaired) electrons. The predicted molar refractivity (Wildman–Crippen MR) is 103 cm³/mol. The van der Waals surface area contributed by atoms with Gasteiger partial charge in [0.15, 0.2) is 5.76 Å². The first kappa shape index (κ1) is 17.2. The summed E-state index contributed by atoms with van der Waals surface area (Å²) in [6.45, 7) is 4.19. The third-order valence-corrected chi connectivity index (χ3v) is 4.77. The smallest absolute Gasteiger partial charge is 0.269 e. The Labute approximate surface area is 157 Å². The zero-order valence-corrected chi connectivity index (χ0v) is 14.8. The first-order chi connectivity index (χ1) is 13.2. The van der Waals surface area contributed by atoms with Crippen LogP contribution in [-0.2, 0) is 6.54 Å². The van der Waals surface area contributed by atoms with Crippen LogP contribution in [0.2, 0.25) is 0 Å². The van der Waals surface area contributed by atoms with Crippen LogP contribution in [0.25, 0.3) is 11.3 Å². The van der Waals surface area contributed by atoms with E-state index < -0.39 is 0 Å². The average Bonchev–Trinajstić information content (AvgIpc) is 3.18. The van der Waals surface area contributed by atoms with E-state index in [1.165, 1.54) is 0 Å². The van der Waals surface area contributed by atoms with Crippen molar-refractivity contribution < 1.29 is 9.34 Å². The van der Waals surface area contributed by atoms with Gasteiger partial charge in [-0.3, -0.25) is 15.0 Å². The molecule has 1 aliphatic rings. The van der Waals surface area contributed by atoms with E-state index in [1.54, 1.807) is 18.3 Å². The van der Waals surface area contributed by atoms with Gasteiger partial charge in [0, 0.05) is 49.6 Å². The van der Waals surface area contributed by atoms with Gasteiger partial charge in [-0.2, -0.15) is 0 Å². The van der Waals surface area contributed by atoms with Crippen molar-refractivity contribution >= 4 is 11.4 Å². The summed E-state index contributed by atoms with van der Waals surface area (Å²) in [5.74, 6) is 1.51. The second-order valence-corrected chi connectivity index (χ2v) is 6.52. The van der Waals surface area contributed by atoms with E-state index in [2.05, 4.69) is 14.8 Å². The topological polar surface area (TPSA) is 75.7 Å². The van der Waals surface area contributed by atoms with E-state index in [0.717, 1.165) is 49.1 Å². The van der Waals surface area contributed by atoms with Crippen molar-refractivity contribution in [2.75, 3.05) is 31.1 Å². The molecule has 0 saturated carbocycles. The van der Waals surface area contributed by atoms with Crippen molar-refractivity contribution in [3.63, 3.8) is 0 Å². The summed E-state index contributed by atoms with van der Waals surface area (Å²) in [7, 11) is 0. The van der Waals surface area contributed by atoms with Gasteiger partial charge < -0.3 is 9.32 Å². The molecule has 2 aromatic carbocycles. The first-order valence-corrected chi connectivity index (χ1v) is 8.91. The predicted octanol–water partition coefficient (Wildman–Crippen LogP) is 3.57. The molecule has 0 aliphatic carbocycles. The monoisotopic (exact) mass is 364 g/mol. The lowest BCUT2D eigenvalue weighted by molar-refractivity contribution is -0.384. The highest BCUT2D eigenvalue weighted by Crippen LogP contribution is 2.23. The molecule has 7 heteroatoms. The molecule has 138 valence electrons. The summed E-state index contributed by atoms with van der Waals surface area (Å²) < 4.78 is 5.89. The van der Waals surface area contributed by atoms with Crippen molar-refractivity contribution in [2.24, 2.45) is 0 Å². The zero-order chi connectivity index (χ0) is 18.6. The molecular formula is C20H20N4O3. The zero-order valence-electron chi connectivity index (χ0n) is 14.8. The molecule has 0 bridgehead atoms. The lowest BCUT2D eigenvalue weighted by Crippen LogP contribution is -2.46. The van der Waals surface area contributed by atoms with Crippen LogP contribution in [0, 0.1) is 10.1 Å². The number of non-ortho nitro benzene ring substituents is 1. The molecule has 0 spiro atoms. The Kier molecular flexibility index (Phi) is 4.84. The van der Waals surface area contributed by atoms with Gasteiger partial charge in [-0.25, -0.2) is 4.98 Å². The maximum atomic E-state index is 10.8. The normalized spacial score (nSPS) is 15.0. The van der Waals surface area contributed by atoms with Crippen molar-refractivity contribution in [2.45, 2.75) is 6.54 Å². The third kappa shape index (κ3) is 3.98. The minimum atomic E-state index is -0.373. The van der Waals surface area contributed by atoms with Crippen molar-refractivity contribution in [1.82, 2.24) is 9.88 Å². The lowest BCUT2D eigenvalue weighted by atomic mass is 10.2. The van der Waals surface area contributed by atoms with Gasteiger partial charge in [0.25, 0.3) is 5.69 Å². The quantitative estimate of drug-likeness (QED) is 0.509. The number of benzene rings is 2. The highest BCUT2D eigenvalue weighted by Gasteiger charge is 2.19. The average molecular weight is 364 g/mol. The van der Waals surface area contributed by atoms with E-state index in [1.807, 2.05) is 42.5 Å². The van der Waals surface area contributed by atoms with Crippen molar-refractivity contribution in [3.05, 3.63) is 76.8 Å². The second-order valence-electron chi connectivity index (χ2n) is 6.52. The minimum Gasteiger partial charge on any atom is -0.439 e. The molecule has 0 N–H and O–H groups in total. The molecule has 1 saturated heterocycles. The van der Waals surface area contributed by atoms with Gasteiger partial charge in [0.2, 0.25) is 5.89 Å². The number of nitrogens with zero attached hydrogens (tertiary/aromatic N) is 4. The maximum absolute atomic E-state index is 10.8. The van der Waals surface area contributed by atoms with Crippen LogP contribution < -0.4 is 4.90 Å². The van der Waals surface area contributed by atoms with Crippen LogP contribution in [0.1, 0.15) is 5.89 Å². The number of nitro benzene ring substituents is 1. The summed E-state index contributed by atoms with van der Waals surface area (Å²) in [6.07, 6.45) is 1.78. The summed E-state index contributed by atoms with van der Waals surface area (Å²) >= 11 is 0. The fourth-order valence-electron chi connectivity index (χ4n) is 3.26. The molecule has 0 amide bonds. The molecule has 0 atom stereocenters. The molecule has 27 heavy (non-hydrogen) atoms. The molecular weight excluding hydrogens is 344 g/mol. The Morgan fingerprint density at radius 2 is 1.70 bits per heavy atom. The summed E-state index contributed by atoms with van der Waals surface area (Å²) in [4.78, 5) is 19.3. The minimum absolute atomic E-state index is 0.121. The van der Waals surface area contributed by atoms with Gasteiger partial charge in [-0.05, 0) is 12.1 Å². The van der Waals surface area contributed by atoms with E-state index >= 15 is 0 Å². The van der Waals surface area contributed by atoms with Crippen LogP contribution in [0.3, 0.4) is 0 Å². The van der Waals surface area contributed by atoms with E-state index in [-0.39, 0.29) is 10.6 Å². The Balaban J connectivity index is 1.33. The fourth-order valence-corrected chi connectivity index (χ4v) is 3.26. The molecule has 4 rings (SSSR count). The number of rotatable bonds is 5. The maximum Gasteiger partial charge on any atom is 0.269 e. The number of hydrogen-bond acceptors (Lipinski definition) is 6. The second kappa shape index (κ2) is 7.59. The number of hydrogen-bond donors (Lipinski definition) is 0. The van der Waals surface area contributed by atoms with Crippen LogP contribution in [-0.4, -0.2) is 41.0 Å². The lowest BCUT2D eigenvalue weighted by Gasteiger charge is -2.35. The number of anilines is 1. The largest absolute Gasteiger partial charge is 0.439 e. The number of aromatic nitrogens is 1. The Morgan fingerprint density at radius 1 is 1.00 bits per heavy atom. The third-order valence-electron chi connectivity index (χ3n) is 4.77. The molecule has 1 aromatic heterocycles. The van der Waals surface area contributed by atoms with Crippen LogP contribution >= 0.6 is 0 Å². The van der Waals surface area contributed by atoms with Gasteiger partial charge >= 0.3 is 0 Å². The fraction of sp³-hybridized carbons (Fsp3) is 0.250. The van der Waals surface area contributed by atoms with E-state index in [4.69, 9.17) is 4.42 Å².